The molecule has 7 heteroatoms. The smallest absolute Gasteiger partial charge is 0.277 e. The van der Waals surface area contributed by atoms with Crippen molar-refractivity contribution >= 4 is 38.4 Å². The van der Waals surface area contributed by atoms with E-state index in [9.17, 15) is 4.79 Å². The fourth-order valence-electron chi connectivity index (χ4n) is 3.04. The Morgan fingerprint density at radius 3 is 2.68 bits per heavy atom. The van der Waals surface area contributed by atoms with E-state index in [-0.39, 0.29) is 5.91 Å². The molecule has 1 N–H and O–H groups in total. The second-order valence-corrected chi connectivity index (χ2v) is 7.25. The monoisotopic (exact) mass is 353 g/mol. The third kappa shape index (κ3) is 3.32. The fraction of sp³-hybridized carbons (Fsp3) is 0.333. The minimum Gasteiger partial charge on any atom is -0.355 e. The summed E-state index contributed by atoms with van der Waals surface area (Å²) in [6.07, 6.45) is 3.63. The largest absolute Gasteiger partial charge is 0.355 e. The second-order valence-electron chi connectivity index (χ2n) is 6.22. The van der Waals surface area contributed by atoms with E-state index in [0.717, 1.165) is 34.7 Å². The molecule has 6 nitrogen and oxygen atoms in total. The highest BCUT2D eigenvalue weighted by atomic mass is 32.1. The number of aromatic nitrogens is 3. The zero-order chi connectivity index (χ0) is 17.2. The third-order valence-electron chi connectivity index (χ3n) is 4.40. The van der Waals surface area contributed by atoms with Gasteiger partial charge in [-0.2, -0.15) is 0 Å². The molecule has 0 aliphatic carbocycles. The molecule has 3 heterocycles. The van der Waals surface area contributed by atoms with Crippen molar-refractivity contribution in [1.29, 1.82) is 0 Å². The van der Waals surface area contributed by atoms with Gasteiger partial charge in [-0.25, -0.2) is 4.98 Å². The van der Waals surface area contributed by atoms with E-state index in [1.807, 2.05) is 31.2 Å². The van der Waals surface area contributed by atoms with Crippen LogP contribution < -0.4 is 10.2 Å². The second kappa shape index (κ2) is 6.76. The molecule has 128 valence electrons. The van der Waals surface area contributed by atoms with Crippen LogP contribution in [0.3, 0.4) is 0 Å². The molecule has 4 rings (SSSR count). The van der Waals surface area contributed by atoms with Crippen LogP contribution in [0.25, 0.3) is 10.2 Å². The molecule has 25 heavy (non-hydrogen) atoms. The number of hydrogen-bond acceptors (Lipinski definition) is 6. The van der Waals surface area contributed by atoms with Crippen LogP contribution in [-0.2, 0) is 0 Å². The summed E-state index contributed by atoms with van der Waals surface area (Å²) in [4.78, 5) is 19.1. The predicted octanol–water partition coefficient (Wildman–Crippen LogP) is 3.64. The standard InChI is InChI=1S/C18H19N5OS/c1-12-6-5-7-14-16(12)19-18(25-14)20-17(24)13-8-9-15(22-21-13)23-10-3-2-4-11-23/h5-9H,2-4,10-11H2,1H3,(H,19,20,24). The van der Waals surface area contributed by atoms with Crippen LogP contribution in [0.4, 0.5) is 10.9 Å². The van der Waals surface area contributed by atoms with Crippen molar-refractivity contribution in [2.75, 3.05) is 23.3 Å². The Hall–Kier alpha value is -2.54. The Balaban J connectivity index is 1.49. The van der Waals surface area contributed by atoms with Gasteiger partial charge in [0.15, 0.2) is 16.6 Å². The Labute approximate surface area is 149 Å². The van der Waals surface area contributed by atoms with Gasteiger partial charge in [-0.15, -0.1) is 10.2 Å². The number of benzene rings is 1. The SMILES string of the molecule is Cc1cccc2sc(NC(=O)c3ccc(N4CCCCC4)nn3)nc12. The molecule has 1 fully saturated rings. The van der Waals surface area contributed by atoms with E-state index >= 15 is 0 Å². The predicted molar refractivity (Wildman–Crippen MR) is 100 cm³/mol. The summed E-state index contributed by atoms with van der Waals surface area (Å²) in [5.74, 6) is 0.557. The van der Waals surface area contributed by atoms with Gasteiger partial charge in [0.05, 0.1) is 10.2 Å². The van der Waals surface area contributed by atoms with Crippen molar-refractivity contribution in [1.82, 2.24) is 15.2 Å². The lowest BCUT2D eigenvalue weighted by molar-refractivity contribution is 0.102. The van der Waals surface area contributed by atoms with E-state index in [1.54, 1.807) is 6.07 Å². The Morgan fingerprint density at radius 1 is 1.12 bits per heavy atom. The maximum absolute atomic E-state index is 12.4. The zero-order valence-corrected chi connectivity index (χ0v) is 14.8. The normalized spacial score (nSPS) is 14.7. The van der Waals surface area contributed by atoms with Gasteiger partial charge in [0, 0.05) is 13.1 Å². The van der Waals surface area contributed by atoms with Crippen molar-refractivity contribution in [3.05, 3.63) is 41.6 Å². The number of para-hydroxylation sites is 1. The first-order valence-corrected chi connectivity index (χ1v) is 9.28. The number of carbonyl (C=O) groups is 1. The number of piperidine rings is 1. The van der Waals surface area contributed by atoms with Crippen molar-refractivity contribution in [3.8, 4) is 0 Å². The number of anilines is 2. The molecule has 1 amide bonds. The average Bonchev–Trinajstić information content (AvgIpc) is 3.06. The summed E-state index contributed by atoms with van der Waals surface area (Å²) in [6.45, 7) is 4.02. The van der Waals surface area contributed by atoms with E-state index < -0.39 is 0 Å². The van der Waals surface area contributed by atoms with Gasteiger partial charge in [0.1, 0.15) is 0 Å². The maximum atomic E-state index is 12.4. The number of hydrogen-bond donors (Lipinski definition) is 1. The van der Waals surface area contributed by atoms with Crippen molar-refractivity contribution < 1.29 is 4.79 Å². The Kier molecular flexibility index (Phi) is 4.31. The number of nitrogens with zero attached hydrogens (tertiary/aromatic N) is 4. The summed E-state index contributed by atoms with van der Waals surface area (Å²) in [5.41, 5.74) is 2.32. The number of carbonyl (C=O) groups excluding carboxylic acids is 1. The van der Waals surface area contributed by atoms with E-state index in [0.29, 0.717) is 10.8 Å². The lowest BCUT2D eigenvalue weighted by atomic mass is 10.1. The van der Waals surface area contributed by atoms with Gasteiger partial charge in [0.25, 0.3) is 5.91 Å². The van der Waals surface area contributed by atoms with Crippen LogP contribution in [0.15, 0.2) is 30.3 Å². The summed E-state index contributed by atoms with van der Waals surface area (Å²) in [7, 11) is 0. The van der Waals surface area contributed by atoms with Gasteiger partial charge in [-0.05, 0) is 49.9 Å². The highest BCUT2D eigenvalue weighted by Gasteiger charge is 2.15. The molecule has 1 aliphatic rings. The van der Waals surface area contributed by atoms with Crippen molar-refractivity contribution in [3.63, 3.8) is 0 Å². The highest BCUT2D eigenvalue weighted by Crippen LogP contribution is 2.28. The molecule has 1 saturated heterocycles. The molecule has 1 aliphatic heterocycles. The molecule has 0 atom stereocenters. The fourth-order valence-corrected chi connectivity index (χ4v) is 3.98. The lowest BCUT2D eigenvalue weighted by Gasteiger charge is -2.27. The zero-order valence-electron chi connectivity index (χ0n) is 14.0. The van der Waals surface area contributed by atoms with Crippen LogP contribution in [0.1, 0.15) is 35.3 Å². The molecule has 3 aromatic rings. The molecular weight excluding hydrogens is 334 g/mol. The van der Waals surface area contributed by atoms with Crippen molar-refractivity contribution in [2.45, 2.75) is 26.2 Å². The molecule has 1 aromatic carbocycles. The molecule has 0 saturated carbocycles. The number of thiazole rings is 1. The molecular formula is C18H19N5OS. The van der Waals surface area contributed by atoms with Crippen LogP contribution in [-0.4, -0.2) is 34.2 Å². The van der Waals surface area contributed by atoms with Crippen LogP contribution >= 0.6 is 11.3 Å². The summed E-state index contributed by atoms with van der Waals surface area (Å²) in [6, 6.07) is 9.61. The first kappa shape index (κ1) is 16.0. The van der Waals surface area contributed by atoms with E-state index in [1.165, 1.54) is 30.6 Å². The molecule has 0 bridgehead atoms. The lowest BCUT2D eigenvalue weighted by Crippen LogP contribution is -2.30. The summed E-state index contributed by atoms with van der Waals surface area (Å²) < 4.78 is 1.06. The highest BCUT2D eigenvalue weighted by molar-refractivity contribution is 7.22. The van der Waals surface area contributed by atoms with Gasteiger partial charge >= 0.3 is 0 Å². The Morgan fingerprint density at radius 2 is 1.96 bits per heavy atom. The van der Waals surface area contributed by atoms with Gasteiger partial charge < -0.3 is 4.90 Å². The number of rotatable bonds is 3. The number of nitrogens with one attached hydrogen (secondary N) is 1. The van der Waals surface area contributed by atoms with Gasteiger partial charge in [-0.1, -0.05) is 23.5 Å². The van der Waals surface area contributed by atoms with Crippen LogP contribution in [0, 0.1) is 6.92 Å². The van der Waals surface area contributed by atoms with E-state index in [2.05, 4.69) is 25.4 Å². The molecule has 0 radical (unpaired) electrons. The molecule has 0 spiro atoms. The third-order valence-corrected chi connectivity index (χ3v) is 5.34. The minimum absolute atomic E-state index is 0.283. The molecule has 0 unspecified atom stereocenters. The Bertz CT molecular complexity index is 899. The minimum atomic E-state index is -0.283. The number of aryl methyl sites for hydroxylation is 1. The summed E-state index contributed by atoms with van der Waals surface area (Å²) >= 11 is 1.46. The van der Waals surface area contributed by atoms with Crippen molar-refractivity contribution in [2.24, 2.45) is 0 Å². The topological polar surface area (TPSA) is 71.0 Å². The first-order chi connectivity index (χ1) is 12.2. The molecule has 2 aromatic heterocycles. The number of amides is 1. The van der Waals surface area contributed by atoms with Crippen LogP contribution in [0.2, 0.25) is 0 Å². The van der Waals surface area contributed by atoms with Crippen LogP contribution in [0.5, 0.6) is 0 Å². The number of fused-ring (bicyclic) bond motifs is 1. The average molecular weight is 353 g/mol. The maximum Gasteiger partial charge on any atom is 0.277 e. The van der Waals surface area contributed by atoms with Gasteiger partial charge in [0.2, 0.25) is 0 Å². The van der Waals surface area contributed by atoms with E-state index in [4.69, 9.17) is 0 Å². The quantitative estimate of drug-likeness (QED) is 0.778. The summed E-state index contributed by atoms with van der Waals surface area (Å²) in [5, 5.41) is 11.7. The first-order valence-electron chi connectivity index (χ1n) is 8.47. The van der Waals surface area contributed by atoms with Gasteiger partial charge in [-0.3, -0.25) is 10.1 Å².